The predicted molar refractivity (Wildman–Crippen MR) is 77.3 cm³/mol. The van der Waals surface area contributed by atoms with Gasteiger partial charge >= 0.3 is 0 Å². The van der Waals surface area contributed by atoms with Crippen LogP contribution >= 0.6 is 0 Å². The molecule has 8 heteroatoms. The molecule has 0 radical (unpaired) electrons. The molecule has 4 unspecified atom stereocenters. The Labute approximate surface area is 130 Å². The van der Waals surface area contributed by atoms with Crippen molar-refractivity contribution in [2.75, 3.05) is 0 Å². The molecular formula is C15H11N3O5. The number of rotatable bonds is 3. The largest absolute Gasteiger partial charge is 0.365 e. The van der Waals surface area contributed by atoms with E-state index in [1.54, 1.807) is 18.2 Å². The van der Waals surface area contributed by atoms with Crippen LogP contribution in [0.3, 0.4) is 0 Å². The van der Waals surface area contributed by atoms with E-state index in [0.717, 1.165) is 5.01 Å². The zero-order chi connectivity index (χ0) is 16.1. The summed E-state index contributed by atoms with van der Waals surface area (Å²) in [5, 5.41) is 15.5. The Morgan fingerprint density at radius 1 is 1.17 bits per heavy atom. The van der Waals surface area contributed by atoms with Crippen molar-refractivity contribution in [3.8, 4) is 0 Å². The molecule has 1 aromatic carbocycles. The topological polar surface area (TPSA) is 102 Å². The molecule has 0 aromatic heterocycles. The number of hydrogen-bond donors (Lipinski definition) is 0. The molecule has 0 spiro atoms. The molecule has 0 N–H and O–H groups in total. The minimum absolute atomic E-state index is 0.0828. The molecule has 3 heterocycles. The third kappa shape index (κ3) is 1.99. The van der Waals surface area contributed by atoms with E-state index in [1.165, 1.54) is 24.4 Å². The summed E-state index contributed by atoms with van der Waals surface area (Å²) in [6.45, 7) is 0. The number of nitro benzene ring substituents is 1. The van der Waals surface area contributed by atoms with Gasteiger partial charge in [0.2, 0.25) is 0 Å². The zero-order valence-corrected chi connectivity index (χ0v) is 11.7. The van der Waals surface area contributed by atoms with E-state index in [0.29, 0.717) is 5.56 Å². The summed E-state index contributed by atoms with van der Waals surface area (Å²) in [5.74, 6) is -1.81. The smallest absolute Gasteiger partial charge is 0.270 e. The molecule has 1 aromatic rings. The minimum atomic E-state index is -0.519. The van der Waals surface area contributed by atoms with Gasteiger partial charge in [-0.25, -0.2) is 0 Å². The number of benzene rings is 1. The van der Waals surface area contributed by atoms with Crippen molar-refractivity contribution >= 4 is 23.7 Å². The van der Waals surface area contributed by atoms with E-state index in [-0.39, 0.29) is 17.9 Å². The molecule has 8 nitrogen and oxygen atoms in total. The highest BCUT2D eigenvalue weighted by atomic mass is 16.6. The number of non-ortho nitro benzene ring substituents is 1. The standard InChI is InChI=1S/C15H11N3O5/c19-14-12-10-4-5-11(23-10)13(12)15(20)17(14)16-7-8-2-1-3-9(6-8)18(21)22/h1-7,10-13H. The minimum Gasteiger partial charge on any atom is -0.365 e. The van der Waals surface area contributed by atoms with E-state index in [1.807, 2.05) is 0 Å². The van der Waals surface area contributed by atoms with Crippen molar-refractivity contribution < 1.29 is 19.2 Å². The molecule has 4 atom stereocenters. The Balaban J connectivity index is 1.58. The van der Waals surface area contributed by atoms with Crippen molar-refractivity contribution in [3.05, 3.63) is 52.1 Å². The van der Waals surface area contributed by atoms with Crippen LogP contribution in [0.5, 0.6) is 0 Å². The van der Waals surface area contributed by atoms with Crippen LogP contribution in [0.4, 0.5) is 5.69 Å². The number of imide groups is 1. The van der Waals surface area contributed by atoms with E-state index < -0.39 is 28.6 Å². The van der Waals surface area contributed by atoms with Crippen LogP contribution < -0.4 is 0 Å². The lowest BCUT2D eigenvalue weighted by Crippen LogP contribution is -2.30. The van der Waals surface area contributed by atoms with Crippen molar-refractivity contribution in [1.82, 2.24) is 5.01 Å². The zero-order valence-electron chi connectivity index (χ0n) is 11.7. The third-order valence-corrected chi connectivity index (χ3v) is 4.29. The van der Waals surface area contributed by atoms with Crippen LogP contribution in [-0.4, -0.2) is 40.2 Å². The maximum atomic E-state index is 12.4. The summed E-state index contributed by atoms with van der Waals surface area (Å²) in [7, 11) is 0. The van der Waals surface area contributed by atoms with Gasteiger partial charge in [-0.1, -0.05) is 24.3 Å². The molecule has 23 heavy (non-hydrogen) atoms. The maximum absolute atomic E-state index is 12.4. The number of carbonyl (C=O) groups is 2. The Morgan fingerprint density at radius 3 is 2.43 bits per heavy atom. The molecule has 3 aliphatic heterocycles. The average Bonchev–Trinajstić information content (AvgIpc) is 3.21. The second-order valence-electron chi connectivity index (χ2n) is 5.59. The van der Waals surface area contributed by atoms with Gasteiger partial charge in [0.15, 0.2) is 0 Å². The lowest BCUT2D eigenvalue weighted by atomic mass is 9.85. The Kier molecular flexibility index (Phi) is 2.88. The molecule has 2 bridgehead atoms. The Hall–Kier alpha value is -2.87. The van der Waals surface area contributed by atoms with E-state index in [9.17, 15) is 19.7 Å². The number of nitrogens with zero attached hydrogens (tertiary/aromatic N) is 3. The first-order valence-electron chi connectivity index (χ1n) is 7.06. The van der Waals surface area contributed by atoms with Gasteiger partial charge in [0.25, 0.3) is 17.5 Å². The van der Waals surface area contributed by atoms with Gasteiger partial charge < -0.3 is 4.74 Å². The summed E-state index contributed by atoms with van der Waals surface area (Å²) in [6.07, 6.45) is 4.15. The van der Waals surface area contributed by atoms with Crippen LogP contribution in [-0.2, 0) is 14.3 Å². The van der Waals surface area contributed by atoms with E-state index in [2.05, 4.69) is 5.10 Å². The summed E-state index contributed by atoms with van der Waals surface area (Å²) in [4.78, 5) is 34.9. The summed E-state index contributed by atoms with van der Waals surface area (Å²) in [5.41, 5.74) is 0.356. The molecule has 116 valence electrons. The second-order valence-corrected chi connectivity index (χ2v) is 5.59. The Morgan fingerprint density at radius 2 is 1.83 bits per heavy atom. The number of hydrogen-bond acceptors (Lipinski definition) is 6. The molecular weight excluding hydrogens is 302 g/mol. The van der Waals surface area contributed by atoms with Crippen LogP contribution in [0, 0.1) is 22.0 Å². The maximum Gasteiger partial charge on any atom is 0.270 e. The monoisotopic (exact) mass is 313 g/mol. The van der Waals surface area contributed by atoms with Crippen molar-refractivity contribution in [1.29, 1.82) is 0 Å². The molecule has 4 rings (SSSR count). The normalized spacial score (nSPS) is 31.4. The van der Waals surface area contributed by atoms with Crippen molar-refractivity contribution in [3.63, 3.8) is 0 Å². The lowest BCUT2D eigenvalue weighted by molar-refractivity contribution is -0.384. The second kappa shape index (κ2) is 4.82. The molecule has 0 aliphatic carbocycles. The molecule has 2 fully saturated rings. The number of fused-ring (bicyclic) bond motifs is 5. The number of nitro groups is 1. The lowest BCUT2D eigenvalue weighted by Gasteiger charge is -2.11. The fourth-order valence-corrected chi connectivity index (χ4v) is 3.24. The Bertz CT molecular complexity index is 757. The van der Waals surface area contributed by atoms with Crippen molar-refractivity contribution in [2.45, 2.75) is 12.2 Å². The number of hydrazone groups is 1. The van der Waals surface area contributed by atoms with Gasteiger partial charge in [-0.05, 0) is 0 Å². The highest BCUT2D eigenvalue weighted by molar-refractivity contribution is 6.07. The number of carbonyl (C=O) groups excluding carboxylic acids is 2. The van der Waals surface area contributed by atoms with Crippen LogP contribution in [0.1, 0.15) is 5.56 Å². The van der Waals surface area contributed by atoms with Gasteiger partial charge in [0.1, 0.15) is 0 Å². The van der Waals surface area contributed by atoms with Crippen molar-refractivity contribution in [2.24, 2.45) is 16.9 Å². The fraction of sp³-hybridized carbons (Fsp3) is 0.267. The fourth-order valence-electron chi connectivity index (χ4n) is 3.24. The summed E-state index contributed by atoms with van der Waals surface area (Å²) in [6, 6.07) is 5.80. The van der Waals surface area contributed by atoms with Crippen LogP contribution in [0.15, 0.2) is 41.5 Å². The number of ether oxygens (including phenoxy) is 1. The van der Waals surface area contributed by atoms with Gasteiger partial charge in [0, 0.05) is 17.7 Å². The summed E-state index contributed by atoms with van der Waals surface area (Å²) >= 11 is 0. The quantitative estimate of drug-likeness (QED) is 0.271. The highest BCUT2D eigenvalue weighted by Crippen LogP contribution is 2.45. The SMILES string of the molecule is O=C1C2C3C=CC(O3)C2C(=O)N1N=Cc1cccc([N+](=O)[O-])c1. The first kappa shape index (κ1) is 13.8. The molecule has 3 aliphatic rings. The third-order valence-electron chi connectivity index (χ3n) is 4.29. The predicted octanol–water partition coefficient (Wildman–Crippen LogP) is 0.867. The summed E-state index contributed by atoms with van der Waals surface area (Å²) < 4.78 is 5.53. The van der Waals surface area contributed by atoms with Gasteiger partial charge in [0.05, 0.1) is 35.2 Å². The van der Waals surface area contributed by atoms with E-state index in [4.69, 9.17) is 4.74 Å². The van der Waals surface area contributed by atoms with Gasteiger partial charge in [-0.15, -0.1) is 0 Å². The average molecular weight is 313 g/mol. The van der Waals surface area contributed by atoms with Crippen LogP contribution in [0.25, 0.3) is 0 Å². The first-order chi connectivity index (χ1) is 11.1. The molecule has 2 amide bonds. The van der Waals surface area contributed by atoms with Gasteiger partial charge in [-0.2, -0.15) is 10.1 Å². The van der Waals surface area contributed by atoms with Crippen LogP contribution in [0.2, 0.25) is 0 Å². The van der Waals surface area contributed by atoms with Gasteiger partial charge in [-0.3, -0.25) is 19.7 Å². The van der Waals surface area contributed by atoms with E-state index >= 15 is 0 Å². The highest BCUT2D eigenvalue weighted by Gasteiger charge is 2.61. The number of amides is 2. The molecule has 2 saturated heterocycles. The first-order valence-corrected chi connectivity index (χ1v) is 7.06. The molecule has 0 saturated carbocycles.